The van der Waals surface area contributed by atoms with Gasteiger partial charge < -0.3 is 14.7 Å². The molecular formula is C26H23F2N5O3. The van der Waals surface area contributed by atoms with Crippen LogP contribution in [0.5, 0.6) is 0 Å². The van der Waals surface area contributed by atoms with E-state index in [1.807, 2.05) is 4.90 Å². The molecular weight excluding hydrogens is 468 g/mol. The molecule has 1 aliphatic rings. The molecule has 1 saturated heterocycles. The van der Waals surface area contributed by atoms with Gasteiger partial charge in [-0.1, -0.05) is 5.16 Å². The number of benzene rings is 2. The molecule has 0 saturated carbocycles. The maximum Gasteiger partial charge on any atom is 0.259 e. The number of aryl methyl sites for hydroxylation is 1. The first kappa shape index (κ1) is 23.6. The Kier molecular flexibility index (Phi) is 6.43. The van der Waals surface area contributed by atoms with Crippen molar-refractivity contribution < 1.29 is 22.9 Å². The fraction of sp³-hybridized carbons (Fsp3) is 0.231. The lowest BCUT2D eigenvalue weighted by atomic mass is 10.0. The van der Waals surface area contributed by atoms with Gasteiger partial charge in [0.1, 0.15) is 11.6 Å². The summed E-state index contributed by atoms with van der Waals surface area (Å²) in [5, 5.41) is 7.27. The van der Waals surface area contributed by atoms with Crippen molar-refractivity contribution in [3.63, 3.8) is 0 Å². The molecule has 4 aromatic rings. The lowest BCUT2D eigenvalue weighted by Gasteiger charge is -2.34. The zero-order chi connectivity index (χ0) is 25.2. The second kappa shape index (κ2) is 9.82. The van der Waals surface area contributed by atoms with Crippen molar-refractivity contribution in [2.45, 2.75) is 6.92 Å². The number of aromatic nitrogens is 2. The molecule has 1 aliphatic heterocycles. The molecule has 0 bridgehead atoms. The van der Waals surface area contributed by atoms with Crippen molar-refractivity contribution in [3.8, 4) is 11.3 Å². The molecule has 0 spiro atoms. The van der Waals surface area contributed by atoms with Gasteiger partial charge in [0.2, 0.25) is 5.91 Å². The summed E-state index contributed by atoms with van der Waals surface area (Å²) in [6.07, 6.45) is 0. The molecule has 2 aromatic carbocycles. The molecule has 1 N–H and O–H groups in total. The van der Waals surface area contributed by atoms with Crippen LogP contribution in [0.4, 0.5) is 14.5 Å². The molecule has 0 aliphatic carbocycles. The highest BCUT2D eigenvalue weighted by molar-refractivity contribution is 6.07. The van der Waals surface area contributed by atoms with Gasteiger partial charge in [0, 0.05) is 37.4 Å². The largest absolute Gasteiger partial charge is 0.336 e. The molecule has 0 unspecified atom stereocenters. The van der Waals surface area contributed by atoms with Gasteiger partial charge in [0.15, 0.2) is 0 Å². The third kappa shape index (κ3) is 4.94. The number of anilines is 1. The molecule has 5 rings (SSSR count). The standard InChI is InChI=1S/C26H23F2N5O3/c1-16-24-21(14-22(30-25(24)36-31-16)17-2-4-18(27)5-3-17)26(35)33-12-10-32(11-13-33)15-23(34)29-20-8-6-19(28)7-9-20/h2-9,14H,10-13,15H2,1H3,(H,29,34). The smallest absolute Gasteiger partial charge is 0.259 e. The Hall–Kier alpha value is -4.18. The first-order valence-electron chi connectivity index (χ1n) is 11.5. The highest BCUT2D eigenvalue weighted by atomic mass is 19.1. The molecule has 1 fully saturated rings. The van der Waals surface area contributed by atoms with Gasteiger partial charge in [-0.3, -0.25) is 14.5 Å². The molecule has 8 nitrogen and oxygen atoms in total. The second-order valence-corrected chi connectivity index (χ2v) is 8.63. The van der Waals surface area contributed by atoms with E-state index in [0.29, 0.717) is 59.8 Å². The molecule has 10 heteroatoms. The van der Waals surface area contributed by atoms with E-state index in [9.17, 15) is 18.4 Å². The first-order valence-corrected chi connectivity index (χ1v) is 11.5. The minimum absolute atomic E-state index is 0.165. The molecule has 2 amide bonds. The summed E-state index contributed by atoms with van der Waals surface area (Å²) in [4.78, 5) is 34.1. The molecule has 3 heterocycles. The van der Waals surface area contributed by atoms with Gasteiger partial charge in [-0.25, -0.2) is 13.8 Å². The molecule has 0 atom stereocenters. The van der Waals surface area contributed by atoms with Crippen molar-refractivity contribution >= 4 is 28.6 Å². The monoisotopic (exact) mass is 491 g/mol. The SMILES string of the molecule is Cc1noc2nc(-c3ccc(F)cc3)cc(C(=O)N3CCN(CC(=O)Nc4ccc(F)cc4)CC3)c12. The van der Waals surface area contributed by atoms with E-state index < -0.39 is 0 Å². The summed E-state index contributed by atoms with van der Waals surface area (Å²) in [7, 11) is 0. The van der Waals surface area contributed by atoms with Crippen LogP contribution in [0.2, 0.25) is 0 Å². The number of carbonyl (C=O) groups excluding carboxylic acids is 2. The van der Waals surface area contributed by atoms with Crippen LogP contribution in [0.3, 0.4) is 0 Å². The minimum atomic E-state index is -0.369. The number of amides is 2. The Bertz CT molecular complexity index is 1410. The number of pyridine rings is 1. The third-order valence-electron chi connectivity index (χ3n) is 6.14. The third-order valence-corrected chi connectivity index (χ3v) is 6.14. The van der Waals surface area contributed by atoms with E-state index in [-0.39, 0.29) is 35.7 Å². The van der Waals surface area contributed by atoms with Crippen molar-refractivity contribution in [1.82, 2.24) is 19.9 Å². The zero-order valence-electron chi connectivity index (χ0n) is 19.5. The van der Waals surface area contributed by atoms with E-state index in [0.717, 1.165) is 0 Å². The van der Waals surface area contributed by atoms with Crippen LogP contribution < -0.4 is 5.32 Å². The van der Waals surface area contributed by atoms with E-state index in [1.165, 1.54) is 36.4 Å². The van der Waals surface area contributed by atoms with Crippen molar-refractivity contribution in [2.24, 2.45) is 0 Å². The molecule has 36 heavy (non-hydrogen) atoms. The maximum atomic E-state index is 13.5. The van der Waals surface area contributed by atoms with E-state index in [2.05, 4.69) is 15.5 Å². The van der Waals surface area contributed by atoms with Gasteiger partial charge in [-0.05, 0) is 61.5 Å². The Morgan fingerprint density at radius 2 is 1.61 bits per heavy atom. The summed E-state index contributed by atoms with van der Waals surface area (Å²) < 4.78 is 31.8. The van der Waals surface area contributed by atoms with Crippen molar-refractivity contribution in [3.05, 3.63) is 77.5 Å². The number of hydrogen-bond donors (Lipinski definition) is 1. The Labute approximate surface area is 205 Å². The number of carbonyl (C=O) groups is 2. The fourth-order valence-electron chi connectivity index (χ4n) is 4.25. The van der Waals surface area contributed by atoms with Crippen LogP contribution in [-0.4, -0.2) is 64.5 Å². The molecule has 0 radical (unpaired) electrons. The predicted molar refractivity (Wildman–Crippen MR) is 129 cm³/mol. The van der Waals surface area contributed by atoms with Crippen molar-refractivity contribution in [2.75, 3.05) is 38.0 Å². The Morgan fingerprint density at radius 1 is 0.972 bits per heavy atom. The lowest BCUT2D eigenvalue weighted by Crippen LogP contribution is -2.50. The van der Waals surface area contributed by atoms with Crippen LogP contribution >= 0.6 is 0 Å². The Balaban J connectivity index is 1.28. The van der Waals surface area contributed by atoms with Crippen LogP contribution in [0.1, 0.15) is 16.1 Å². The number of halogens is 2. The summed E-state index contributed by atoms with van der Waals surface area (Å²) in [6, 6.07) is 13.1. The highest BCUT2D eigenvalue weighted by Crippen LogP contribution is 2.28. The molecule has 2 aromatic heterocycles. The average Bonchev–Trinajstić information content (AvgIpc) is 3.26. The molecule has 184 valence electrons. The number of fused-ring (bicyclic) bond motifs is 1. The van der Waals surface area contributed by atoms with Gasteiger partial charge in [-0.2, -0.15) is 0 Å². The quantitative estimate of drug-likeness (QED) is 0.456. The van der Waals surface area contributed by atoms with Crippen LogP contribution in [0.15, 0.2) is 59.1 Å². The van der Waals surface area contributed by atoms with Gasteiger partial charge in [-0.15, -0.1) is 0 Å². The topological polar surface area (TPSA) is 91.6 Å². The number of rotatable bonds is 5. The van der Waals surface area contributed by atoms with E-state index in [4.69, 9.17) is 4.52 Å². The predicted octanol–water partition coefficient (Wildman–Crippen LogP) is 3.87. The average molecular weight is 491 g/mol. The van der Waals surface area contributed by atoms with Crippen LogP contribution in [-0.2, 0) is 4.79 Å². The maximum absolute atomic E-state index is 13.5. The lowest BCUT2D eigenvalue weighted by molar-refractivity contribution is -0.117. The van der Waals surface area contributed by atoms with Crippen LogP contribution in [0.25, 0.3) is 22.4 Å². The minimum Gasteiger partial charge on any atom is -0.336 e. The second-order valence-electron chi connectivity index (χ2n) is 8.63. The fourth-order valence-corrected chi connectivity index (χ4v) is 4.25. The first-order chi connectivity index (χ1) is 17.4. The summed E-state index contributed by atoms with van der Waals surface area (Å²) in [6.45, 7) is 3.82. The van der Waals surface area contributed by atoms with E-state index >= 15 is 0 Å². The number of piperazine rings is 1. The summed E-state index contributed by atoms with van der Waals surface area (Å²) in [5.41, 5.74) is 2.88. The number of nitrogens with one attached hydrogen (secondary N) is 1. The summed E-state index contributed by atoms with van der Waals surface area (Å²) in [5.74, 6) is -1.13. The van der Waals surface area contributed by atoms with Gasteiger partial charge in [0.25, 0.3) is 11.6 Å². The van der Waals surface area contributed by atoms with E-state index in [1.54, 1.807) is 30.0 Å². The number of nitrogens with zero attached hydrogens (tertiary/aromatic N) is 4. The van der Waals surface area contributed by atoms with Crippen LogP contribution in [0, 0.1) is 18.6 Å². The zero-order valence-corrected chi connectivity index (χ0v) is 19.5. The van der Waals surface area contributed by atoms with Gasteiger partial charge >= 0.3 is 0 Å². The Morgan fingerprint density at radius 3 is 2.28 bits per heavy atom. The highest BCUT2D eigenvalue weighted by Gasteiger charge is 2.27. The van der Waals surface area contributed by atoms with Crippen molar-refractivity contribution in [1.29, 1.82) is 0 Å². The van der Waals surface area contributed by atoms with Gasteiger partial charge in [0.05, 0.1) is 28.9 Å². The normalized spacial score (nSPS) is 14.2. The summed E-state index contributed by atoms with van der Waals surface area (Å²) >= 11 is 0. The number of hydrogen-bond acceptors (Lipinski definition) is 6.